The van der Waals surface area contributed by atoms with Gasteiger partial charge in [-0.15, -0.1) is 0 Å². The first-order chi connectivity index (χ1) is 8.61. The number of nitrogens with two attached hydrogens (primary N) is 1. The van der Waals surface area contributed by atoms with Crippen molar-refractivity contribution in [1.82, 2.24) is 9.80 Å². The second-order valence-corrected chi connectivity index (χ2v) is 5.57. The molecule has 2 N–H and O–H groups in total. The third kappa shape index (κ3) is 3.02. The minimum Gasteiger partial charge on any atom is -0.364 e. The van der Waals surface area contributed by atoms with Crippen molar-refractivity contribution in [1.29, 1.82) is 0 Å². The Kier molecular flexibility index (Phi) is 4.59. The first-order valence-corrected chi connectivity index (χ1v) is 6.92. The van der Waals surface area contributed by atoms with Crippen molar-refractivity contribution < 1.29 is 9.53 Å². The maximum absolute atomic E-state index is 12.4. The Balaban J connectivity index is 1.88. The van der Waals surface area contributed by atoms with Crippen LogP contribution < -0.4 is 5.73 Å². The van der Waals surface area contributed by atoms with Crippen molar-refractivity contribution in [3.63, 3.8) is 0 Å². The van der Waals surface area contributed by atoms with Gasteiger partial charge >= 0.3 is 0 Å². The molecule has 2 heterocycles. The predicted octanol–water partition coefficient (Wildman–Crippen LogP) is 0.0453. The van der Waals surface area contributed by atoms with Gasteiger partial charge in [-0.2, -0.15) is 0 Å². The average Bonchev–Trinajstić information content (AvgIpc) is 2.85. The van der Waals surface area contributed by atoms with Gasteiger partial charge in [0.15, 0.2) is 0 Å². The van der Waals surface area contributed by atoms with E-state index in [9.17, 15) is 4.79 Å². The number of carbonyl (C=O) groups is 1. The van der Waals surface area contributed by atoms with Crippen LogP contribution in [0.5, 0.6) is 0 Å². The minimum absolute atomic E-state index is 0.0707. The first-order valence-electron chi connectivity index (χ1n) is 6.92. The van der Waals surface area contributed by atoms with Crippen LogP contribution in [0.3, 0.4) is 0 Å². The molecule has 5 heteroatoms. The fourth-order valence-electron chi connectivity index (χ4n) is 2.92. The van der Waals surface area contributed by atoms with E-state index in [4.69, 9.17) is 10.5 Å². The smallest absolute Gasteiger partial charge is 0.251 e. The summed E-state index contributed by atoms with van der Waals surface area (Å²) in [5.74, 6) is 0.131. The molecule has 0 spiro atoms. The van der Waals surface area contributed by atoms with E-state index >= 15 is 0 Å². The molecular weight excluding hydrogens is 230 g/mol. The molecule has 2 saturated heterocycles. The van der Waals surface area contributed by atoms with Crippen molar-refractivity contribution in [2.75, 3.05) is 33.7 Å². The third-order valence-electron chi connectivity index (χ3n) is 4.14. The van der Waals surface area contributed by atoms with Gasteiger partial charge in [0.2, 0.25) is 0 Å². The lowest BCUT2D eigenvalue weighted by atomic mass is 10.0. The Morgan fingerprint density at radius 3 is 2.83 bits per heavy atom. The molecule has 104 valence electrons. The van der Waals surface area contributed by atoms with Gasteiger partial charge in [0, 0.05) is 26.2 Å². The van der Waals surface area contributed by atoms with Crippen molar-refractivity contribution in [3.8, 4) is 0 Å². The molecule has 0 saturated carbocycles. The number of likely N-dealkylation sites (tertiary alicyclic amines) is 1. The van der Waals surface area contributed by atoms with E-state index in [1.807, 2.05) is 11.9 Å². The number of piperidine rings is 1. The Morgan fingerprint density at radius 1 is 1.44 bits per heavy atom. The summed E-state index contributed by atoms with van der Waals surface area (Å²) in [5.41, 5.74) is 5.58. The average molecular weight is 255 g/mol. The minimum atomic E-state index is -0.268. The summed E-state index contributed by atoms with van der Waals surface area (Å²) in [5, 5.41) is 0. The summed E-state index contributed by atoms with van der Waals surface area (Å²) in [6, 6.07) is 0.330. The Labute approximate surface area is 109 Å². The van der Waals surface area contributed by atoms with E-state index in [1.54, 1.807) is 0 Å². The molecule has 0 aliphatic carbocycles. The summed E-state index contributed by atoms with van der Waals surface area (Å²) in [6.07, 6.45) is 3.78. The lowest BCUT2D eigenvalue weighted by molar-refractivity contribution is -0.144. The molecule has 0 radical (unpaired) electrons. The van der Waals surface area contributed by atoms with E-state index in [1.165, 1.54) is 0 Å². The van der Waals surface area contributed by atoms with Gasteiger partial charge in [-0.05, 0) is 39.3 Å². The first kappa shape index (κ1) is 13.8. The summed E-state index contributed by atoms with van der Waals surface area (Å²) < 4.78 is 5.68. The van der Waals surface area contributed by atoms with Crippen molar-refractivity contribution in [3.05, 3.63) is 0 Å². The molecule has 1 amide bonds. The van der Waals surface area contributed by atoms with E-state index < -0.39 is 0 Å². The van der Waals surface area contributed by atoms with Gasteiger partial charge in [0.05, 0.1) is 6.10 Å². The predicted molar refractivity (Wildman–Crippen MR) is 70.2 cm³/mol. The highest BCUT2D eigenvalue weighted by Gasteiger charge is 2.34. The number of ether oxygens (including phenoxy) is 1. The van der Waals surface area contributed by atoms with Crippen LogP contribution in [-0.2, 0) is 9.53 Å². The maximum Gasteiger partial charge on any atom is 0.251 e. The van der Waals surface area contributed by atoms with Gasteiger partial charge in [0.1, 0.15) is 6.10 Å². The lowest BCUT2D eigenvalue weighted by Gasteiger charge is -2.36. The van der Waals surface area contributed by atoms with Gasteiger partial charge in [0.25, 0.3) is 5.91 Å². The molecule has 5 nitrogen and oxygen atoms in total. The fourth-order valence-corrected chi connectivity index (χ4v) is 2.92. The highest BCUT2D eigenvalue weighted by atomic mass is 16.5. The van der Waals surface area contributed by atoms with Crippen LogP contribution in [0.25, 0.3) is 0 Å². The number of likely N-dealkylation sites (N-methyl/N-ethyl adjacent to an activating group) is 2. The van der Waals surface area contributed by atoms with Gasteiger partial charge in [-0.3, -0.25) is 4.79 Å². The topological polar surface area (TPSA) is 58.8 Å². The zero-order chi connectivity index (χ0) is 13.1. The van der Waals surface area contributed by atoms with Crippen LogP contribution in [0, 0.1) is 0 Å². The summed E-state index contributed by atoms with van der Waals surface area (Å²) in [4.78, 5) is 16.5. The largest absolute Gasteiger partial charge is 0.364 e. The van der Waals surface area contributed by atoms with Crippen LogP contribution in [0.2, 0.25) is 0 Å². The molecule has 0 aromatic carbocycles. The molecule has 0 aromatic heterocycles. The van der Waals surface area contributed by atoms with Crippen LogP contribution in [0.1, 0.15) is 25.7 Å². The number of amides is 1. The Hall–Kier alpha value is -0.650. The molecule has 0 aromatic rings. The molecule has 0 bridgehead atoms. The SMILES string of the molecule is CN1CCCC(N(C)C(=O)C2CCC(CN)O2)C1. The van der Waals surface area contributed by atoms with Gasteiger partial charge in [-0.25, -0.2) is 0 Å². The molecule has 3 atom stereocenters. The van der Waals surface area contributed by atoms with Crippen molar-refractivity contribution in [2.45, 2.75) is 43.9 Å². The zero-order valence-corrected chi connectivity index (χ0v) is 11.5. The highest BCUT2D eigenvalue weighted by molar-refractivity contribution is 5.81. The second kappa shape index (κ2) is 5.99. The molecular formula is C13H25N3O2. The van der Waals surface area contributed by atoms with E-state index in [0.717, 1.165) is 38.8 Å². The number of nitrogens with zero attached hydrogens (tertiary/aromatic N) is 2. The molecule has 3 unspecified atom stereocenters. The normalized spacial score (nSPS) is 33.6. The van der Waals surface area contributed by atoms with E-state index in [2.05, 4.69) is 11.9 Å². The van der Waals surface area contributed by atoms with Crippen molar-refractivity contribution in [2.24, 2.45) is 5.73 Å². The molecule has 2 aliphatic rings. The number of hydrogen-bond acceptors (Lipinski definition) is 4. The lowest BCUT2D eigenvalue weighted by Crippen LogP contribution is -2.50. The maximum atomic E-state index is 12.4. The molecule has 2 fully saturated rings. The van der Waals surface area contributed by atoms with E-state index in [0.29, 0.717) is 12.6 Å². The summed E-state index contributed by atoms with van der Waals surface area (Å²) in [6.45, 7) is 2.61. The van der Waals surface area contributed by atoms with Crippen molar-refractivity contribution >= 4 is 5.91 Å². The number of rotatable bonds is 3. The zero-order valence-electron chi connectivity index (χ0n) is 11.5. The van der Waals surface area contributed by atoms with Crippen LogP contribution in [0.15, 0.2) is 0 Å². The summed E-state index contributed by atoms with van der Waals surface area (Å²) >= 11 is 0. The van der Waals surface area contributed by atoms with Gasteiger partial charge in [-0.1, -0.05) is 0 Å². The highest BCUT2D eigenvalue weighted by Crippen LogP contribution is 2.22. The van der Waals surface area contributed by atoms with E-state index in [-0.39, 0.29) is 18.1 Å². The Bertz CT molecular complexity index is 298. The van der Waals surface area contributed by atoms with Crippen LogP contribution >= 0.6 is 0 Å². The Morgan fingerprint density at radius 2 is 2.22 bits per heavy atom. The standard InChI is InChI=1S/C13H25N3O2/c1-15-7-3-4-10(9-15)16(2)13(17)12-6-5-11(8-14)18-12/h10-12H,3-9,14H2,1-2H3. The molecule has 2 rings (SSSR count). The fraction of sp³-hybridized carbons (Fsp3) is 0.923. The number of carbonyl (C=O) groups excluding carboxylic acids is 1. The monoisotopic (exact) mass is 255 g/mol. The van der Waals surface area contributed by atoms with Crippen LogP contribution in [0.4, 0.5) is 0 Å². The summed E-state index contributed by atoms with van der Waals surface area (Å²) in [7, 11) is 4.02. The molecule has 18 heavy (non-hydrogen) atoms. The van der Waals surface area contributed by atoms with Gasteiger partial charge < -0.3 is 20.3 Å². The second-order valence-electron chi connectivity index (χ2n) is 5.57. The number of hydrogen-bond donors (Lipinski definition) is 1. The quantitative estimate of drug-likeness (QED) is 0.774. The van der Waals surface area contributed by atoms with Crippen LogP contribution in [-0.4, -0.2) is 67.7 Å². The third-order valence-corrected chi connectivity index (χ3v) is 4.14. The molecule has 2 aliphatic heterocycles.